The van der Waals surface area contributed by atoms with Gasteiger partial charge < -0.3 is 9.59 Å². The summed E-state index contributed by atoms with van der Waals surface area (Å²) in [6, 6.07) is 10.1. The molecule has 0 aromatic heterocycles. The van der Waals surface area contributed by atoms with Gasteiger partial charge in [0.1, 0.15) is 6.54 Å². The Kier molecular flexibility index (Phi) is 6.27. The molecule has 1 N–H and O–H groups in total. The lowest BCUT2D eigenvalue weighted by Crippen LogP contribution is -2.44. The molecule has 1 aliphatic carbocycles. The standard InChI is InChI=1S/C21H32NO/c1-4-22(3,5-2)18-12-17-21(23,19-13-8-6-9-14-19)20-15-10-7-11-16-20/h6,8-9,13-14,20,23H,4-5,7,10-11,15-16,18H2,1-3H3/q+1. The van der Waals surface area contributed by atoms with E-state index in [-0.39, 0.29) is 5.92 Å². The van der Waals surface area contributed by atoms with Gasteiger partial charge in [-0.15, -0.1) is 0 Å². The molecule has 0 heterocycles. The van der Waals surface area contributed by atoms with Gasteiger partial charge in [-0.25, -0.2) is 0 Å². The summed E-state index contributed by atoms with van der Waals surface area (Å²) in [6.45, 7) is 7.34. The minimum atomic E-state index is -0.992. The Morgan fingerprint density at radius 2 is 1.70 bits per heavy atom. The molecule has 1 aromatic rings. The third-order valence-corrected chi connectivity index (χ3v) is 5.68. The van der Waals surface area contributed by atoms with Crippen molar-refractivity contribution < 1.29 is 9.59 Å². The Morgan fingerprint density at radius 1 is 1.09 bits per heavy atom. The van der Waals surface area contributed by atoms with Crippen LogP contribution < -0.4 is 0 Å². The molecule has 0 spiro atoms. The Morgan fingerprint density at radius 3 is 2.26 bits per heavy atom. The number of nitrogens with zero attached hydrogens (tertiary/aromatic N) is 1. The number of hydrogen-bond donors (Lipinski definition) is 1. The molecule has 126 valence electrons. The van der Waals surface area contributed by atoms with Crippen molar-refractivity contribution in [1.29, 1.82) is 0 Å². The molecule has 0 bridgehead atoms. The molecule has 2 nitrogen and oxygen atoms in total. The zero-order valence-corrected chi connectivity index (χ0v) is 15.0. The quantitative estimate of drug-likeness (QED) is 0.644. The average molecular weight is 314 g/mol. The number of quaternary nitrogens is 1. The van der Waals surface area contributed by atoms with Crippen molar-refractivity contribution in [1.82, 2.24) is 0 Å². The Balaban J connectivity index is 2.28. The fourth-order valence-electron chi connectivity index (χ4n) is 3.43. The normalized spacial score (nSPS) is 18.8. The molecule has 1 atom stereocenters. The van der Waals surface area contributed by atoms with E-state index in [4.69, 9.17) is 0 Å². The second-order valence-corrected chi connectivity index (χ2v) is 7.18. The smallest absolute Gasteiger partial charge is 0.153 e. The van der Waals surface area contributed by atoms with Crippen molar-refractivity contribution in [2.75, 3.05) is 26.7 Å². The molecule has 1 saturated carbocycles. The lowest BCUT2D eigenvalue weighted by atomic mass is 9.73. The molecule has 1 unspecified atom stereocenters. The van der Waals surface area contributed by atoms with Crippen LogP contribution in [-0.4, -0.2) is 36.3 Å². The first-order valence-electron chi connectivity index (χ1n) is 9.15. The van der Waals surface area contributed by atoms with E-state index in [2.05, 4.69) is 32.7 Å². The molecule has 0 saturated heterocycles. The second-order valence-electron chi connectivity index (χ2n) is 7.18. The van der Waals surface area contributed by atoms with E-state index < -0.39 is 5.60 Å². The Hall–Kier alpha value is -1.30. The molecule has 23 heavy (non-hydrogen) atoms. The maximum absolute atomic E-state index is 11.5. The topological polar surface area (TPSA) is 20.2 Å². The van der Waals surface area contributed by atoms with Gasteiger partial charge in [-0.1, -0.05) is 55.5 Å². The van der Waals surface area contributed by atoms with Crippen LogP contribution in [-0.2, 0) is 5.60 Å². The van der Waals surface area contributed by atoms with E-state index in [1.54, 1.807) is 0 Å². The van der Waals surface area contributed by atoms with E-state index in [1.807, 2.05) is 30.3 Å². The van der Waals surface area contributed by atoms with Gasteiger partial charge in [0.05, 0.1) is 20.1 Å². The highest BCUT2D eigenvalue weighted by Crippen LogP contribution is 2.39. The van der Waals surface area contributed by atoms with Gasteiger partial charge in [-0.2, -0.15) is 0 Å². The molecule has 1 aromatic carbocycles. The predicted octanol–water partition coefficient (Wildman–Crippen LogP) is 3.94. The molecular weight excluding hydrogens is 282 g/mol. The first-order valence-corrected chi connectivity index (χ1v) is 9.15. The van der Waals surface area contributed by atoms with Gasteiger partial charge in [0.25, 0.3) is 0 Å². The minimum Gasteiger partial charge on any atom is -0.373 e. The minimum absolute atomic E-state index is 0.258. The largest absolute Gasteiger partial charge is 0.373 e. The van der Waals surface area contributed by atoms with Crippen LogP contribution in [0.4, 0.5) is 0 Å². The zero-order chi connectivity index (χ0) is 16.8. The van der Waals surface area contributed by atoms with Gasteiger partial charge in [0.2, 0.25) is 0 Å². The third kappa shape index (κ3) is 4.37. The summed E-state index contributed by atoms with van der Waals surface area (Å²) >= 11 is 0. The van der Waals surface area contributed by atoms with Crippen LogP contribution >= 0.6 is 0 Å². The molecular formula is C21H32NO+. The SMILES string of the molecule is CC[N+](C)(CC)CC#CC(O)(c1ccccc1)C1CCCCC1. The predicted molar refractivity (Wildman–Crippen MR) is 96.8 cm³/mol. The fourth-order valence-corrected chi connectivity index (χ4v) is 3.43. The van der Waals surface area contributed by atoms with E-state index in [1.165, 1.54) is 19.3 Å². The van der Waals surface area contributed by atoms with Crippen LogP contribution in [0, 0.1) is 17.8 Å². The van der Waals surface area contributed by atoms with Crippen LogP contribution in [0.15, 0.2) is 30.3 Å². The number of rotatable bonds is 5. The summed E-state index contributed by atoms with van der Waals surface area (Å²) < 4.78 is 0.933. The lowest BCUT2D eigenvalue weighted by molar-refractivity contribution is -0.899. The second kappa shape index (κ2) is 7.99. The van der Waals surface area contributed by atoms with Gasteiger partial charge in [-0.3, -0.25) is 0 Å². The van der Waals surface area contributed by atoms with Crippen molar-refractivity contribution in [3.63, 3.8) is 0 Å². The van der Waals surface area contributed by atoms with Gasteiger partial charge >= 0.3 is 0 Å². The summed E-state index contributed by atoms with van der Waals surface area (Å²) in [5.74, 6) is 6.89. The van der Waals surface area contributed by atoms with Crippen LogP contribution in [0.1, 0.15) is 51.5 Å². The molecule has 1 aliphatic rings. The number of aliphatic hydroxyl groups is 1. The third-order valence-electron chi connectivity index (χ3n) is 5.68. The summed E-state index contributed by atoms with van der Waals surface area (Å²) in [7, 11) is 2.23. The molecule has 0 aliphatic heterocycles. The Labute approximate surface area is 142 Å². The maximum atomic E-state index is 11.5. The molecule has 0 amide bonds. The van der Waals surface area contributed by atoms with E-state index in [9.17, 15) is 5.11 Å². The summed E-state index contributed by atoms with van der Waals surface area (Å²) in [5.41, 5.74) is -0.0323. The highest BCUT2D eigenvalue weighted by atomic mass is 16.3. The van der Waals surface area contributed by atoms with Crippen LogP contribution in [0.25, 0.3) is 0 Å². The number of benzene rings is 1. The molecule has 2 heteroatoms. The van der Waals surface area contributed by atoms with Gasteiger partial charge in [0, 0.05) is 5.92 Å². The van der Waals surface area contributed by atoms with Crippen molar-refractivity contribution in [3.05, 3.63) is 35.9 Å². The van der Waals surface area contributed by atoms with E-state index >= 15 is 0 Å². The summed E-state index contributed by atoms with van der Waals surface area (Å²) in [4.78, 5) is 0. The highest BCUT2D eigenvalue weighted by Gasteiger charge is 2.37. The monoisotopic (exact) mass is 314 g/mol. The fraction of sp³-hybridized carbons (Fsp3) is 0.619. The van der Waals surface area contributed by atoms with Crippen molar-refractivity contribution in [3.8, 4) is 11.8 Å². The zero-order valence-electron chi connectivity index (χ0n) is 15.0. The summed E-state index contributed by atoms with van der Waals surface area (Å²) in [6.07, 6.45) is 5.86. The van der Waals surface area contributed by atoms with Crippen LogP contribution in [0.3, 0.4) is 0 Å². The average Bonchev–Trinajstić information content (AvgIpc) is 2.63. The van der Waals surface area contributed by atoms with E-state index in [0.717, 1.165) is 42.5 Å². The van der Waals surface area contributed by atoms with Crippen LogP contribution in [0.5, 0.6) is 0 Å². The van der Waals surface area contributed by atoms with Gasteiger partial charge in [0.15, 0.2) is 5.60 Å². The molecule has 2 rings (SSSR count). The van der Waals surface area contributed by atoms with Crippen molar-refractivity contribution in [2.24, 2.45) is 5.92 Å². The first kappa shape index (κ1) is 18.0. The van der Waals surface area contributed by atoms with Gasteiger partial charge in [-0.05, 0) is 38.2 Å². The van der Waals surface area contributed by atoms with E-state index in [0.29, 0.717) is 0 Å². The molecule has 0 radical (unpaired) electrons. The highest BCUT2D eigenvalue weighted by molar-refractivity contribution is 5.33. The maximum Gasteiger partial charge on any atom is 0.153 e. The van der Waals surface area contributed by atoms with Crippen LogP contribution in [0.2, 0.25) is 0 Å². The van der Waals surface area contributed by atoms with Crippen molar-refractivity contribution >= 4 is 0 Å². The molecule has 1 fully saturated rings. The Bertz CT molecular complexity index is 532. The number of hydrogen-bond acceptors (Lipinski definition) is 1. The summed E-state index contributed by atoms with van der Waals surface area (Å²) in [5, 5.41) is 11.5. The van der Waals surface area contributed by atoms with Crippen molar-refractivity contribution in [2.45, 2.75) is 51.6 Å². The first-order chi connectivity index (χ1) is 11.0. The lowest BCUT2D eigenvalue weighted by Gasteiger charge is -2.35.